The molecule has 0 fully saturated rings. The van der Waals surface area contributed by atoms with Crippen molar-refractivity contribution in [3.05, 3.63) is 52.8 Å². The lowest BCUT2D eigenvalue weighted by Gasteiger charge is -2.29. The molecule has 0 atom stereocenters. The van der Waals surface area contributed by atoms with E-state index in [9.17, 15) is 0 Å². The molecule has 4 nitrogen and oxygen atoms in total. The van der Waals surface area contributed by atoms with Gasteiger partial charge in [0.1, 0.15) is 0 Å². The van der Waals surface area contributed by atoms with Crippen LogP contribution in [0.25, 0.3) is 5.70 Å². The first-order valence-corrected chi connectivity index (χ1v) is 7.28. The molecule has 0 spiro atoms. The summed E-state index contributed by atoms with van der Waals surface area (Å²) in [4.78, 5) is 0. The third kappa shape index (κ3) is 5.33. The van der Waals surface area contributed by atoms with Crippen molar-refractivity contribution in [3.8, 4) is 0 Å². The van der Waals surface area contributed by atoms with Gasteiger partial charge < -0.3 is 22.1 Å². The van der Waals surface area contributed by atoms with Gasteiger partial charge in [-0.25, -0.2) is 0 Å². The second kappa shape index (κ2) is 7.38. The number of halogens is 1. The van der Waals surface area contributed by atoms with Crippen LogP contribution in [-0.4, -0.2) is 18.6 Å². The Morgan fingerprint density at radius 1 is 1.38 bits per heavy atom. The van der Waals surface area contributed by atoms with E-state index < -0.39 is 5.54 Å². The van der Waals surface area contributed by atoms with Crippen LogP contribution in [0.3, 0.4) is 0 Å². The van der Waals surface area contributed by atoms with E-state index in [-0.39, 0.29) is 0 Å². The van der Waals surface area contributed by atoms with E-state index in [1.54, 1.807) is 6.20 Å². The van der Waals surface area contributed by atoms with E-state index in [0.29, 0.717) is 23.8 Å². The van der Waals surface area contributed by atoms with E-state index in [1.165, 1.54) is 0 Å². The number of nitrogens with one attached hydrogen (secondary N) is 2. The maximum Gasteiger partial charge on any atom is 0.0726 e. The lowest BCUT2D eigenvalue weighted by Crippen LogP contribution is -2.43. The molecule has 0 saturated carbocycles. The van der Waals surface area contributed by atoms with E-state index >= 15 is 0 Å². The first kappa shape index (κ1) is 17.4. The van der Waals surface area contributed by atoms with E-state index in [1.807, 2.05) is 39.0 Å². The van der Waals surface area contributed by atoms with E-state index in [0.717, 1.165) is 16.8 Å². The fourth-order valence-corrected chi connectivity index (χ4v) is 2.17. The molecular weight excluding hydrogens is 284 g/mol. The number of benzene rings is 1. The van der Waals surface area contributed by atoms with Gasteiger partial charge in [-0.2, -0.15) is 0 Å². The van der Waals surface area contributed by atoms with Gasteiger partial charge in [0.15, 0.2) is 0 Å². The molecule has 0 saturated heterocycles. The summed E-state index contributed by atoms with van der Waals surface area (Å²) in [5, 5.41) is 7.10. The zero-order chi connectivity index (χ0) is 16.0. The van der Waals surface area contributed by atoms with Gasteiger partial charge in [-0.05, 0) is 50.1 Å². The third-order valence-corrected chi connectivity index (χ3v) is 3.34. The Morgan fingerprint density at radius 3 is 2.62 bits per heavy atom. The molecule has 0 aliphatic rings. The summed E-state index contributed by atoms with van der Waals surface area (Å²) < 4.78 is 0. The van der Waals surface area contributed by atoms with Crippen LogP contribution in [-0.2, 0) is 0 Å². The molecule has 0 unspecified atom stereocenters. The van der Waals surface area contributed by atoms with Gasteiger partial charge in [0.25, 0.3) is 0 Å². The zero-order valence-corrected chi connectivity index (χ0v) is 13.7. The molecule has 0 aliphatic carbocycles. The fourth-order valence-electron chi connectivity index (χ4n) is 1.88. The fraction of sp³-hybridized carbons (Fsp3) is 0.375. The topological polar surface area (TPSA) is 76.1 Å². The van der Waals surface area contributed by atoms with Gasteiger partial charge in [0.2, 0.25) is 0 Å². The van der Waals surface area contributed by atoms with Crippen LogP contribution in [0.15, 0.2) is 36.7 Å². The Bertz CT molecular complexity index is 515. The molecule has 1 aromatic carbocycles. The molecule has 0 aliphatic heterocycles. The van der Waals surface area contributed by atoms with Crippen LogP contribution in [0.4, 0.5) is 0 Å². The smallest absolute Gasteiger partial charge is 0.0726 e. The Kier molecular flexibility index (Phi) is 6.12. The minimum Gasteiger partial charge on any atom is -0.399 e. The minimum absolute atomic E-state index is 0.436. The predicted molar refractivity (Wildman–Crippen MR) is 91.8 cm³/mol. The average molecular weight is 309 g/mol. The first-order valence-electron chi connectivity index (χ1n) is 6.90. The predicted octanol–water partition coefficient (Wildman–Crippen LogP) is 2.34. The standard InChI is InChI=1S/C16H25ClN4/c1-11-7-13(9-14(17)8-11)12(2)21-16(3,4)15(19)10-20-6-5-18/h7-10,20-21H,2,5-6,18-19H2,1,3-4H3/b15-10-. The van der Waals surface area contributed by atoms with Gasteiger partial charge >= 0.3 is 0 Å². The normalized spacial score (nSPS) is 12.1. The summed E-state index contributed by atoms with van der Waals surface area (Å²) in [6.45, 7) is 11.3. The summed E-state index contributed by atoms with van der Waals surface area (Å²) in [6.07, 6.45) is 1.77. The first-order chi connectivity index (χ1) is 9.76. The Morgan fingerprint density at radius 2 is 2.05 bits per heavy atom. The second-order valence-electron chi connectivity index (χ2n) is 5.59. The molecule has 0 radical (unpaired) electrons. The maximum absolute atomic E-state index is 6.11. The SMILES string of the molecule is C=C(NC(C)(C)/C(N)=C/NCCN)c1cc(C)cc(Cl)c1. The number of nitrogens with two attached hydrogens (primary N) is 2. The second-order valence-corrected chi connectivity index (χ2v) is 6.02. The summed E-state index contributed by atoms with van der Waals surface area (Å²) in [7, 11) is 0. The van der Waals surface area contributed by atoms with Crippen LogP contribution in [0.5, 0.6) is 0 Å². The van der Waals surface area contributed by atoms with E-state index in [4.69, 9.17) is 23.1 Å². The summed E-state index contributed by atoms with van der Waals surface area (Å²) in [5.74, 6) is 0. The molecule has 0 bridgehead atoms. The van der Waals surface area contributed by atoms with Crippen molar-refractivity contribution in [1.29, 1.82) is 0 Å². The van der Waals surface area contributed by atoms with Crippen molar-refractivity contribution in [1.82, 2.24) is 10.6 Å². The van der Waals surface area contributed by atoms with Crippen molar-refractivity contribution in [2.75, 3.05) is 13.1 Å². The van der Waals surface area contributed by atoms with E-state index in [2.05, 4.69) is 17.2 Å². The Hall–Kier alpha value is -1.65. The highest BCUT2D eigenvalue weighted by molar-refractivity contribution is 6.30. The zero-order valence-electron chi connectivity index (χ0n) is 13.0. The molecule has 0 amide bonds. The third-order valence-electron chi connectivity index (χ3n) is 3.12. The van der Waals surface area contributed by atoms with Gasteiger partial charge in [0, 0.05) is 35.7 Å². The molecular formula is C16H25ClN4. The molecule has 1 aromatic rings. The average Bonchev–Trinajstić information content (AvgIpc) is 2.37. The van der Waals surface area contributed by atoms with Crippen LogP contribution in [0.2, 0.25) is 5.02 Å². The minimum atomic E-state index is -0.436. The highest BCUT2D eigenvalue weighted by Crippen LogP contribution is 2.22. The van der Waals surface area contributed by atoms with Crippen LogP contribution in [0.1, 0.15) is 25.0 Å². The van der Waals surface area contributed by atoms with Crippen LogP contribution in [0, 0.1) is 6.92 Å². The van der Waals surface area contributed by atoms with Crippen LogP contribution < -0.4 is 22.1 Å². The van der Waals surface area contributed by atoms with Gasteiger partial charge in [-0.3, -0.25) is 0 Å². The Labute approximate surface area is 132 Å². The lowest BCUT2D eigenvalue weighted by molar-refractivity contribution is 0.520. The van der Waals surface area contributed by atoms with Crippen molar-refractivity contribution in [3.63, 3.8) is 0 Å². The molecule has 0 aromatic heterocycles. The largest absolute Gasteiger partial charge is 0.399 e. The van der Waals surface area contributed by atoms with Crippen molar-refractivity contribution >= 4 is 17.3 Å². The lowest BCUT2D eigenvalue weighted by atomic mass is 9.99. The van der Waals surface area contributed by atoms with Crippen molar-refractivity contribution in [2.45, 2.75) is 26.3 Å². The van der Waals surface area contributed by atoms with Gasteiger partial charge in [0.05, 0.1) is 5.54 Å². The molecule has 5 heteroatoms. The van der Waals surface area contributed by atoms with Crippen molar-refractivity contribution in [2.24, 2.45) is 11.5 Å². The highest BCUT2D eigenvalue weighted by Gasteiger charge is 2.21. The number of aryl methyl sites for hydroxylation is 1. The number of rotatable bonds is 7. The summed E-state index contributed by atoms with van der Waals surface area (Å²) >= 11 is 6.09. The molecule has 1 rings (SSSR count). The van der Waals surface area contributed by atoms with Gasteiger partial charge in [-0.1, -0.05) is 18.2 Å². The number of hydrogen-bond acceptors (Lipinski definition) is 4. The molecule has 21 heavy (non-hydrogen) atoms. The van der Waals surface area contributed by atoms with Crippen LogP contribution >= 0.6 is 11.6 Å². The Balaban J connectivity index is 2.82. The summed E-state index contributed by atoms with van der Waals surface area (Å²) in [6, 6.07) is 5.82. The molecule has 6 N–H and O–H groups in total. The molecule has 0 heterocycles. The van der Waals surface area contributed by atoms with Gasteiger partial charge in [-0.15, -0.1) is 0 Å². The monoisotopic (exact) mass is 308 g/mol. The van der Waals surface area contributed by atoms with Crippen molar-refractivity contribution < 1.29 is 0 Å². The molecule has 116 valence electrons. The maximum atomic E-state index is 6.11. The highest BCUT2D eigenvalue weighted by atomic mass is 35.5. The number of hydrogen-bond donors (Lipinski definition) is 4. The summed E-state index contributed by atoms with van der Waals surface area (Å²) in [5.41, 5.74) is 14.6. The quantitative estimate of drug-likeness (QED) is 0.583.